The zero-order valence-corrected chi connectivity index (χ0v) is 17.8. The molecule has 1 atom stereocenters. The molecule has 0 aliphatic rings. The highest BCUT2D eigenvalue weighted by molar-refractivity contribution is 6.34. The molecule has 0 saturated heterocycles. The molecule has 2 aromatic carbocycles. The lowest BCUT2D eigenvalue weighted by atomic mass is 10.1. The summed E-state index contributed by atoms with van der Waals surface area (Å²) in [6.45, 7) is 1.48. The van der Waals surface area contributed by atoms with E-state index in [2.05, 4.69) is 16.0 Å². The quantitative estimate of drug-likeness (QED) is 0.362. The largest absolute Gasteiger partial charge is 0.508 e. The first-order chi connectivity index (χ1) is 15.2. The van der Waals surface area contributed by atoms with Crippen LogP contribution in [0.25, 0.3) is 0 Å². The van der Waals surface area contributed by atoms with Crippen LogP contribution in [0.15, 0.2) is 54.6 Å². The Morgan fingerprint density at radius 1 is 1.06 bits per heavy atom. The van der Waals surface area contributed by atoms with Gasteiger partial charge in [-0.05, 0) is 48.9 Å². The van der Waals surface area contributed by atoms with Gasteiger partial charge in [0, 0.05) is 18.7 Å². The number of carboxylic acids is 1. The smallest absolute Gasteiger partial charge is 0.328 e. The van der Waals surface area contributed by atoms with E-state index in [1.54, 1.807) is 19.1 Å². The van der Waals surface area contributed by atoms with Gasteiger partial charge in [-0.3, -0.25) is 14.4 Å². The van der Waals surface area contributed by atoms with Gasteiger partial charge in [-0.25, -0.2) is 4.79 Å². The lowest BCUT2D eigenvalue weighted by Gasteiger charge is -2.15. The number of hydrogen-bond acceptors (Lipinski definition) is 5. The highest BCUT2D eigenvalue weighted by atomic mass is 35.5. The van der Waals surface area contributed by atoms with Crippen molar-refractivity contribution in [3.63, 3.8) is 0 Å². The Hall–Kier alpha value is -3.85. The predicted molar refractivity (Wildman–Crippen MR) is 117 cm³/mol. The van der Waals surface area contributed by atoms with E-state index >= 15 is 0 Å². The van der Waals surface area contributed by atoms with Gasteiger partial charge in [-0.2, -0.15) is 0 Å². The lowest BCUT2D eigenvalue weighted by molar-refractivity contribution is -0.139. The monoisotopic (exact) mass is 459 g/mol. The summed E-state index contributed by atoms with van der Waals surface area (Å²) in [6.07, 6.45) is 2.72. The number of nitrogens with one attached hydrogen (secondary N) is 3. The van der Waals surface area contributed by atoms with Gasteiger partial charge in [0.05, 0.1) is 10.6 Å². The highest BCUT2D eigenvalue weighted by Crippen LogP contribution is 2.18. The SMILES string of the molecule is C/C=C/C(=O)NC[C@H](NC(=O)c1ccc(C(=O)NCc2cccc(O)c2)cc1Cl)C(=O)O. The van der Waals surface area contributed by atoms with Crippen LogP contribution in [0.3, 0.4) is 0 Å². The van der Waals surface area contributed by atoms with E-state index in [4.69, 9.17) is 11.6 Å². The van der Waals surface area contributed by atoms with Crippen LogP contribution in [0, 0.1) is 0 Å². The zero-order chi connectivity index (χ0) is 23.7. The molecule has 5 N–H and O–H groups in total. The number of amides is 3. The van der Waals surface area contributed by atoms with Crippen LogP contribution in [0.2, 0.25) is 5.02 Å². The summed E-state index contributed by atoms with van der Waals surface area (Å²) >= 11 is 6.14. The van der Waals surface area contributed by atoms with E-state index in [0.29, 0.717) is 5.56 Å². The fraction of sp³-hybridized carbons (Fsp3) is 0.182. The number of phenols is 1. The molecule has 3 amide bonds. The summed E-state index contributed by atoms with van der Waals surface area (Å²) in [5.74, 6) is -2.96. The third kappa shape index (κ3) is 7.13. The van der Waals surface area contributed by atoms with E-state index in [1.807, 2.05) is 0 Å². The van der Waals surface area contributed by atoms with Gasteiger partial charge >= 0.3 is 5.97 Å². The number of aromatic hydroxyl groups is 1. The molecule has 0 unspecified atom stereocenters. The highest BCUT2D eigenvalue weighted by Gasteiger charge is 2.22. The van der Waals surface area contributed by atoms with Crippen LogP contribution >= 0.6 is 11.6 Å². The predicted octanol–water partition coefficient (Wildman–Crippen LogP) is 1.85. The number of carbonyl (C=O) groups is 4. The van der Waals surface area contributed by atoms with E-state index in [0.717, 1.165) is 0 Å². The minimum Gasteiger partial charge on any atom is -0.508 e. The van der Waals surface area contributed by atoms with Crippen molar-refractivity contribution >= 4 is 35.3 Å². The van der Waals surface area contributed by atoms with Crippen LogP contribution in [-0.4, -0.2) is 46.5 Å². The second-order valence-corrected chi connectivity index (χ2v) is 7.06. The number of aliphatic carboxylic acids is 1. The normalized spacial score (nSPS) is 11.6. The maximum Gasteiger partial charge on any atom is 0.328 e. The molecule has 2 rings (SSSR count). The first-order valence-corrected chi connectivity index (χ1v) is 9.89. The number of rotatable bonds is 9. The molecule has 0 aliphatic carbocycles. The average Bonchev–Trinajstić information content (AvgIpc) is 2.74. The topological polar surface area (TPSA) is 145 Å². The fourth-order valence-electron chi connectivity index (χ4n) is 2.64. The maximum atomic E-state index is 12.5. The van der Waals surface area contributed by atoms with Gasteiger partial charge in [0.2, 0.25) is 5.91 Å². The third-order valence-corrected chi connectivity index (χ3v) is 4.55. The Kier molecular flexibility index (Phi) is 8.79. The van der Waals surface area contributed by atoms with Crippen LogP contribution in [0.5, 0.6) is 5.75 Å². The third-order valence-electron chi connectivity index (χ3n) is 4.24. The Morgan fingerprint density at radius 3 is 2.44 bits per heavy atom. The summed E-state index contributed by atoms with van der Waals surface area (Å²) in [6, 6.07) is 9.01. The molecule has 0 bridgehead atoms. The summed E-state index contributed by atoms with van der Waals surface area (Å²) < 4.78 is 0. The minimum absolute atomic E-state index is 0.0257. The molecular formula is C22H22ClN3O6. The summed E-state index contributed by atoms with van der Waals surface area (Å²) in [5.41, 5.74) is 0.865. The molecule has 168 valence electrons. The Morgan fingerprint density at radius 2 is 1.81 bits per heavy atom. The number of carbonyl (C=O) groups excluding carboxylic acids is 3. The minimum atomic E-state index is -1.38. The standard InChI is InChI=1S/C22H22ClN3O6/c1-2-4-19(28)24-12-18(22(31)32)26-21(30)16-8-7-14(10-17(16)23)20(29)25-11-13-5-3-6-15(27)9-13/h2-10,18,27H,11-12H2,1H3,(H,24,28)(H,25,29)(H,26,30)(H,31,32)/b4-2+/t18-/m0/s1. The van der Waals surface area contributed by atoms with Crippen LogP contribution < -0.4 is 16.0 Å². The van der Waals surface area contributed by atoms with Gasteiger partial charge in [-0.1, -0.05) is 29.8 Å². The molecule has 9 nitrogen and oxygen atoms in total. The van der Waals surface area contributed by atoms with E-state index in [-0.39, 0.29) is 35.0 Å². The fourth-order valence-corrected chi connectivity index (χ4v) is 2.91. The van der Waals surface area contributed by atoms with Crippen LogP contribution in [0.4, 0.5) is 0 Å². The van der Waals surface area contributed by atoms with Crippen molar-refractivity contribution in [1.29, 1.82) is 0 Å². The number of benzene rings is 2. The maximum absolute atomic E-state index is 12.5. The van der Waals surface area contributed by atoms with E-state index < -0.39 is 29.7 Å². The van der Waals surface area contributed by atoms with Crippen molar-refractivity contribution in [3.8, 4) is 5.75 Å². The van der Waals surface area contributed by atoms with Crippen molar-refractivity contribution in [3.05, 3.63) is 76.3 Å². The van der Waals surface area contributed by atoms with Gasteiger partial charge in [0.25, 0.3) is 11.8 Å². The molecule has 0 spiro atoms. The molecule has 0 radical (unpaired) electrons. The lowest BCUT2D eigenvalue weighted by Crippen LogP contribution is -2.48. The summed E-state index contributed by atoms with van der Waals surface area (Å²) in [7, 11) is 0. The molecule has 0 heterocycles. The Balaban J connectivity index is 2.02. The van der Waals surface area contributed by atoms with E-state index in [9.17, 15) is 29.4 Å². The Bertz CT molecular complexity index is 1050. The summed E-state index contributed by atoms with van der Waals surface area (Å²) in [5, 5.41) is 26.0. The van der Waals surface area contributed by atoms with Gasteiger partial charge in [0.1, 0.15) is 11.8 Å². The molecule has 0 aliphatic heterocycles. The van der Waals surface area contributed by atoms with Crippen molar-refractivity contribution in [1.82, 2.24) is 16.0 Å². The molecule has 0 fully saturated rings. The van der Waals surface area contributed by atoms with Crippen molar-refractivity contribution in [2.45, 2.75) is 19.5 Å². The number of hydrogen-bond donors (Lipinski definition) is 5. The molecule has 0 aromatic heterocycles. The van der Waals surface area contributed by atoms with Crippen molar-refractivity contribution in [2.24, 2.45) is 0 Å². The molecule has 0 saturated carbocycles. The van der Waals surface area contributed by atoms with Crippen molar-refractivity contribution in [2.75, 3.05) is 6.54 Å². The van der Waals surface area contributed by atoms with Crippen LogP contribution in [-0.2, 0) is 16.1 Å². The number of carboxylic acid groups (broad SMARTS) is 1. The average molecular weight is 460 g/mol. The number of halogens is 1. The van der Waals surface area contributed by atoms with E-state index in [1.165, 1.54) is 42.5 Å². The second kappa shape index (κ2) is 11.5. The first-order valence-electron chi connectivity index (χ1n) is 9.51. The molecule has 10 heteroatoms. The van der Waals surface area contributed by atoms with Crippen molar-refractivity contribution < 1.29 is 29.4 Å². The molecule has 2 aromatic rings. The number of allylic oxidation sites excluding steroid dienone is 1. The number of phenolic OH excluding ortho intramolecular Hbond substituents is 1. The van der Waals surface area contributed by atoms with Gasteiger partial charge in [0.15, 0.2) is 0 Å². The second-order valence-electron chi connectivity index (χ2n) is 6.66. The Labute approximate surface area is 189 Å². The zero-order valence-electron chi connectivity index (χ0n) is 17.1. The van der Waals surface area contributed by atoms with Gasteiger partial charge < -0.3 is 26.2 Å². The summed E-state index contributed by atoms with van der Waals surface area (Å²) in [4.78, 5) is 47.7. The first kappa shape index (κ1) is 24.4. The van der Waals surface area contributed by atoms with Gasteiger partial charge in [-0.15, -0.1) is 0 Å². The molecular weight excluding hydrogens is 438 g/mol. The van der Waals surface area contributed by atoms with Crippen LogP contribution in [0.1, 0.15) is 33.2 Å². The molecule has 32 heavy (non-hydrogen) atoms.